The summed E-state index contributed by atoms with van der Waals surface area (Å²) in [5.74, 6) is 0.833. The van der Waals surface area contributed by atoms with Crippen LogP contribution in [-0.2, 0) is 4.79 Å². The topological polar surface area (TPSA) is 32.3 Å². The molecule has 0 spiro atoms. The van der Waals surface area contributed by atoms with E-state index in [1.165, 1.54) is 44.9 Å². The number of hydrogen-bond donors (Lipinski definition) is 1. The first kappa shape index (κ1) is 14.4. The number of amides is 1. The van der Waals surface area contributed by atoms with E-state index in [-0.39, 0.29) is 0 Å². The molecule has 0 aromatic rings. The quantitative estimate of drug-likeness (QED) is 0.860. The minimum Gasteiger partial charge on any atom is -0.342 e. The molecule has 3 fully saturated rings. The van der Waals surface area contributed by atoms with Crippen molar-refractivity contribution < 1.29 is 4.79 Å². The van der Waals surface area contributed by atoms with Crippen LogP contribution in [0.15, 0.2) is 0 Å². The second kappa shape index (κ2) is 6.93. The molecule has 3 heteroatoms. The first-order valence-electron chi connectivity index (χ1n) is 8.88. The second-order valence-corrected chi connectivity index (χ2v) is 7.08. The van der Waals surface area contributed by atoms with E-state index in [4.69, 9.17) is 0 Å². The van der Waals surface area contributed by atoms with E-state index in [9.17, 15) is 4.79 Å². The van der Waals surface area contributed by atoms with E-state index >= 15 is 0 Å². The van der Waals surface area contributed by atoms with Crippen molar-refractivity contribution in [3.63, 3.8) is 0 Å². The Morgan fingerprint density at radius 3 is 1.90 bits per heavy atom. The third-order valence-corrected chi connectivity index (χ3v) is 5.31. The van der Waals surface area contributed by atoms with Crippen LogP contribution >= 0.6 is 0 Å². The number of hydrogen-bond acceptors (Lipinski definition) is 2. The summed E-state index contributed by atoms with van der Waals surface area (Å²) in [5, 5.41) is 3.89. The molecule has 0 bridgehead atoms. The number of carbonyl (C=O) groups is 1. The highest BCUT2D eigenvalue weighted by atomic mass is 16.2. The fourth-order valence-electron chi connectivity index (χ4n) is 3.81. The van der Waals surface area contributed by atoms with Crippen LogP contribution in [0.3, 0.4) is 0 Å². The Morgan fingerprint density at radius 1 is 0.750 bits per heavy atom. The normalized spacial score (nSPS) is 27.1. The van der Waals surface area contributed by atoms with Crippen LogP contribution in [0.1, 0.15) is 70.6 Å². The zero-order valence-corrected chi connectivity index (χ0v) is 12.8. The fraction of sp³-hybridized carbons (Fsp3) is 0.941. The molecule has 0 unspecified atom stereocenters. The average Bonchev–Trinajstić information content (AvgIpc) is 3.26. The Hall–Kier alpha value is -0.570. The van der Waals surface area contributed by atoms with Gasteiger partial charge in [-0.2, -0.15) is 0 Å². The average molecular weight is 278 g/mol. The molecule has 3 nitrogen and oxygen atoms in total. The smallest absolute Gasteiger partial charge is 0.225 e. The second-order valence-electron chi connectivity index (χ2n) is 7.08. The highest BCUT2D eigenvalue weighted by Crippen LogP contribution is 2.32. The molecule has 1 amide bonds. The molecular weight excluding hydrogens is 248 g/mol. The molecule has 2 saturated carbocycles. The molecule has 1 heterocycles. The van der Waals surface area contributed by atoms with Crippen molar-refractivity contribution in [2.75, 3.05) is 13.1 Å². The van der Waals surface area contributed by atoms with Crippen LogP contribution in [0.5, 0.6) is 0 Å². The van der Waals surface area contributed by atoms with Gasteiger partial charge < -0.3 is 10.2 Å². The SMILES string of the molecule is O=C(C1CC1)N1CCC(NC2CCCCCCC2)CC1. The van der Waals surface area contributed by atoms with Crippen LogP contribution in [0.2, 0.25) is 0 Å². The van der Waals surface area contributed by atoms with E-state index in [1.54, 1.807) is 0 Å². The van der Waals surface area contributed by atoms with Crippen molar-refractivity contribution in [2.45, 2.75) is 82.7 Å². The predicted octanol–water partition coefficient (Wildman–Crippen LogP) is 3.09. The molecule has 0 radical (unpaired) electrons. The van der Waals surface area contributed by atoms with Crippen LogP contribution in [-0.4, -0.2) is 36.0 Å². The third-order valence-electron chi connectivity index (χ3n) is 5.31. The van der Waals surface area contributed by atoms with Crippen LogP contribution in [0.4, 0.5) is 0 Å². The van der Waals surface area contributed by atoms with Crippen molar-refractivity contribution in [1.82, 2.24) is 10.2 Å². The molecule has 20 heavy (non-hydrogen) atoms. The number of carbonyl (C=O) groups excluding carboxylic acids is 1. The van der Waals surface area contributed by atoms with Gasteiger partial charge in [-0.15, -0.1) is 0 Å². The van der Waals surface area contributed by atoms with E-state index in [0.29, 0.717) is 17.9 Å². The van der Waals surface area contributed by atoms with Gasteiger partial charge in [0.15, 0.2) is 0 Å². The summed E-state index contributed by atoms with van der Waals surface area (Å²) in [6.07, 6.45) is 14.4. The zero-order valence-electron chi connectivity index (χ0n) is 12.8. The largest absolute Gasteiger partial charge is 0.342 e. The lowest BCUT2D eigenvalue weighted by Crippen LogP contribution is -2.48. The van der Waals surface area contributed by atoms with Crippen molar-refractivity contribution in [1.29, 1.82) is 0 Å². The van der Waals surface area contributed by atoms with Gasteiger partial charge in [0.05, 0.1) is 0 Å². The van der Waals surface area contributed by atoms with Gasteiger partial charge in [-0.25, -0.2) is 0 Å². The van der Waals surface area contributed by atoms with Gasteiger partial charge in [0.2, 0.25) is 5.91 Å². The fourth-order valence-corrected chi connectivity index (χ4v) is 3.81. The van der Waals surface area contributed by atoms with E-state index in [1.807, 2.05) is 0 Å². The minimum atomic E-state index is 0.394. The van der Waals surface area contributed by atoms with Crippen LogP contribution < -0.4 is 5.32 Å². The van der Waals surface area contributed by atoms with Gasteiger partial charge in [-0.1, -0.05) is 32.1 Å². The van der Waals surface area contributed by atoms with Crippen molar-refractivity contribution in [2.24, 2.45) is 5.92 Å². The number of nitrogens with one attached hydrogen (secondary N) is 1. The van der Waals surface area contributed by atoms with Crippen LogP contribution in [0.25, 0.3) is 0 Å². The monoisotopic (exact) mass is 278 g/mol. The van der Waals surface area contributed by atoms with Gasteiger partial charge in [0.1, 0.15) is 0 Å². The molecular formula is C17H30N2O. The standard InChI is InChI=1S/C17H30N2O/c20-17(14-8-9-14)19-12-10-16(11-13-19)18-15-6-4-2-1-3-5-7-15/h14-16,18H,1-13H2. The first-order chi connectivity index (χ1) is 9.83. The highest BCUT2D eigenvalue weighted by Gasteiger charge is 2.35. The number of likely N-dealkylation sites (tertiary alicyclic amines) is 1. The zero-order chi connectivity index (χ0) is 13.8. The number of nitrogens with zero attached hydrogens (tertiary/aromatic N) is 1. The van der Waals surface area contributed by atoms with Gasteiger partial charge in [-0.05, 0) is 38.5 Å². The lowest BCUT2D eigenvalue weighted by molar-refractivity contribution is -0.133. The lowest BCUT2D eigenvalue weighted by atomic mass is 9.94. The number of piperidine rings is 1. The van der Waals surface area contributed by atoms with Gasteiger partial charge in [0, 0.05) is 31.1 Å². The maximum Gasteiger partial charge on any atom is 0.225 e. The summed E-state index contributed by atoms with van der Waals surface area (Å²) in [5.41, 5.74) is 0. The minimum absolute atomic E-state index is 0.394. The summed E-state index contributed by atoms with van der Waals surface area (Å²) < 4.78 is 0. The Bertz CT molecular complexity index is 311. The van der Waals surface area contributed by atoms with E-state index < -0.39 is 0 Å². The summed E-state index contributed by atoms with van der Waals surface area (Å²) in [6, 6.07) is 1.40. The maximum absolute atomic E-state index is 12.0. The molecule has 0 aromatic heterocycles. The summed E-state index contributed by atoms with van der Waals surface area (Å²) in [6.45, 7) is 1.97. The van der Waals surface area contributed by atoms with E-state index in [0.717, 1.165) is 44.8 Å². The molecule has 2 aliphatic carbocycles. The van der Waals surface area contributed by atoms with Crippen molar-refractivity contribution in [3.05, 3.63) is 0 Å². The molecule has 114 valence electrons. The molecule has 0 atom stereocenters. The van der Waals surface area contributed by atoms with Crippen LogP contribution in [0, 0.1) is 5.92 Å². The molecule has 1 saturated heterocycles. The Balaban J connectivity index is 1.39. The van der Waals surface area contributed by atoms with Gasteiger partial charge in [-0.3, -0.25) is 4.79 Å². The Labute approximate surface area is 123 Å². The van der Waals surface area contributed by atoms with Crippen molar-refractivity contribution >= 4 is 5.91 Å². The van der Waals surface area contributed by atoms with Crippen molar-refractivity contribution in [3.8, 4) is 0 Å². The Morgan fingerprint density at radius 2 is 1.30 bits per heavy atom. The molecule has 3 rings (SSSR count). The predicted molar refractivity (Wildman–Crippen MR) is 81.6 cm³/mol. The maximum atomic E-state index is 12.0. The highest BCUT2D eigenvalue weighted by molar-refractivity contribution is 5.81. The Kier molecular flexibility index (Phi) is 4.98. The summed E-state index contributed by atoms with van der Waals surface area (Å²) in [4.78, 5) is 14.2. The first-order valence-corrected chi connectivity index (χ1v) is 8.88. The molecule has 1 N–H and O–H groups in total. The molecule has 3 aliphatic rings. The molecule has 1 aliphatic heterocycles. The number of rotatable bonds is 3. The lowest BCUT2D eigenvalue weighted by Gasteiger charge is -2.35. The summed E-state index contributed by atoms with van der Waals surface area (Å²) >= 11 is 0. The van der Waals surface area contributed by atoms with Gasteiger partial charge in [0.25, 0.3) is 0 Å². The third kappa shape index (κ3) is 3.97. The van der Waals surface area contributed by atoms with E-state index in [2.05, 4.69) is 10.2 Å². The molecule has 0 aromatic carbocycles. The van der Waals surface area contributed by atoms with Gasteiger partial charge >= 0.3 is 0 Å². The summed E-state index contributed by atoms with van der Waals surface area (Å²) in [7, 11) is 0.